The quantitative estimate of drug-likeness (QED) is 0.750. The summed E-state index contributed by atoms with van der Waals surface area (Å²) < 4.78 is 0. The number of benzene rings is 1. The number of carbonyl (C=O) groups excluding carboxylic acids is 1. The molecule has 0 spiro atoms. The molecular weight excluding hydrogens is 262 g/mol. The number of amides is 1. The van der Waals surface area contributed by atoms with Gasteiger partial charge in [-0.15, -0.1) is 0 Å². The van der Waals surface area contributed by atoms with Crippen molar-refractivity contribution in [1.29, 1.82) is 0 Å². The van der Waals surface area contributed by atoms with Gasteiger partial charge in [-0.1, -0.05) is 37.3 Å². The highest BCUT2D eigenvalue weighted by atomic mass is 16.2. The van der Waals surface area contributed by atoms with Crippen LogP contribution >= 0.6 is 0 Å². The minimum Gasteiger partial charge on any atom is -0.355 e. The Morgan fingerprint density at radius 3 is 2.81 bits per heavy atom. The molecule has 1 fully saturated rings. The van der Waals surface area contributed by atoms with E-state index in [0.29, 0.717) is 5.92 Å². The fourth-order valence-electron chi connectivity index (χ4n) is 2.83. The zero-order valence-corrected chi connectivity index (χ0v) is 13.1. The number of nitrogens with one attached hydrogen (secondary N) is 2. The fraction of sp³-hybridized carbons (Fsp3) is 0.588. The molecule has 4 heteroatoms. The number of carbonyl (C=O) groups is 1. The number of hydrogen-bond acceptors (Lipinski definition) is 3. The van der Waals surface area contributed by atoms with Gasteiger partial charge in [0.1, 0.15) is 0 Å². The van der Waals surface area contributed by atoms with Gasteiger partial charge in [0.25, 0.3) is 0 Å². The Morgan fingerprint density at radius 1 is 1.38 bits per heavy atom. The summed E-state index contributed by atoms with van der Waals surface area (Å²) in [6.45, 7) is 5.79. The summed E-state index contributed by atoms with van der Waals surface area (Å²) in [7, 11) is 2.12. The van der Waals surface area contributed by atoms with Gasteiger partial charge in [-0.2, -0.15) is 0 Å². The second-order valence-corrected chi connectivity index (χ2v) is 6.07. The highest BCUT2D eigenvalue weighted by Gasteiger charge is 2.28. The van der Waals surface area contributed by atoms with Crippen LogP contribution in [0.15, 0.2) is 30.3 Å². The smallest absolute Gasteiger partial charge is 0.237 e. The Balaban J connectivity index is 1.60. The van der Waals surface area contributed by atoms with Gasteiger partial charge in [0.15, 0.2) is 0 Å². The average Bonchev–Trinajstić information content (AvgIpc) is 2.91. The lowest BCUT2D eigenvalue weighted by molar-refractivity contribution is -0.123. The van der Waals surface area contributed by atoms with E-state index in [1.807, 2.05) is 6.07 Å². The Kier molecular flexibility index (Phi) is 6.21. The molecule has 2 N–H and O–H groups in total. The SMILES string of the molecule is CC1CCNC1C(=O)NCCCN(C)Cc1ccccc1. The van der Waals surface area contributed by atoms with E-state index in [2.05, 4.69) is 53.8 Å². The lowest BCUT2D eigenvalue weighted by Gasteiger charge is -2.18. The molecule has 1 saturated heterocycles. The summed E-state index contributed by atoms with van der Waals surface area (Å²) >= 11 is 0. The van der Waals surface area contributed by atoms with Gasteiger partial charge in [-0.3, -0.25) is 4.79 Å². The van der Waals surface area contributed by atoms with Crippen LogP contribution in [0.2, 0.25) is 0 Å². The standard InChI is InChI=1S/C17H27N3O/c1-14-9-11-18-16(14)17(21)19-10-6-12-20(2)13-15-7-4-3-5-8-15/h3-5,7-8,14,16,18H,6,9-13H2,1-2H3,(H,19,21). The molecule has 116 valence electrons. The second kappa shape index (κ2) is 8.15. The fourth-order valence-corrected chi connectivity index (χ4v) is 2.83. The highest BCUT2D eigenvalue weighted by Crippen LogP contribution is 2.14. The maximum atomic E-state index is 12.0. The Labute approximate surface area is 127 Å². The maximum absolute atomic E-state index is 12.0. The van der Waals surface area contributed by atoms with Gasteiger partial charge in [0.2, 0.25) is 5.91 Å². The molecule has 1 aliphatic heterocycles. The maximum Gasteiger partial charge on any atom is 0.237 e. The first-order valence-electron chi connectivity index (χ1n) is 7.90. The van der Waals surface area contributed by atoms with E-state index in [1.54, 1.807) is 0 Å². The minimum atomic E-state index is 0.00653. The van der Waals surface area contributed by atoms with Gasteiger partial charge < -0.3 is 15.5 Å². The number of nitrogens with zero attached hydrogens (tertiary/aromatic N) is 1. The van der Waals surface area contributed by atoms with Crippen LogP contribution in [0.3, 0.4) is 0 Å². The van der Waals surface area contributed by atoms with Crippen molar-refractivity contribution >= 4 is 5.91 Å². The van der Waals surface area contributed by atoms with Gasteiger partial charge in [0.05, 0.1) is 6.04 Å². The monoisotopic (exact) mass is 289 g/mol. The van der Waals surface area contributed by atoms with Gasteiger partial charge >= 0.3 is 0 Å². The molecule has 0 aromatic heterocycles. The van der Waals surface area contributed by atoms with E-state index in [-0.39, 0.29) is 11.9 Å². The molecule has 1 heterocycles. The van der Waals surface area contributed by atoms with E-state index >= 15 is 0 Å². The molecule has 0 radical (unpaired) electrons. The van der Waals surface area contributed by atoms with Crippen molar-refractivity contribution in [2.24, 2.45) is 5.92 Å². The summed E-state index contributed by atoms with van der Waals surface area (Å²) in [5, 5.41) is 6.31. The van der Waals surface area contributed by atoms with Crippen molar-refractivity contribution in [1.82, 2.24) is 15.5 Å². The topological polar surface area (TPSA) is 44.4 Å². The molecule has 2 rings (SSSR count). The predicted molar refractivity (Wildman–Crippen MR) is 86.0 cm³/mol. The molecule has 4 nitrogen and oxygen atoms in total. The molecule has 1 aromatic carbocycles. The third-order valence-electron chi connectivity index (χ3n) is 4.13. The molecule has 2 atom stereocenters. The number of hydrogen-bond donors (Lipinski definition) is 2. The minimum absolute atomic E-state index is 0.00653. The predicted octanol–water partition coefficient (Wildman–Crippen LogP) is 1.62. The molecule has 1 aliphatic rings. The van der Waals surface area contributed by atoms with Crippen molar-refractivity contribution in [2.45, 2.75) is 32.4 Å². The molecule has 2 unspecified atom stereocenters. The van der Waals surface area contributed by atoms with Crippen molar-refractivity contribution in [3.63, 3.8) is 0 Å². The van der Waals surface area contributed by atoms with Crippen molar-refractivity contribution in [3.8, 4) is 0 Å². The normalized spacial score (nSPS) is 21.7. The van der Waals surface area contributed by atoms with Crippen LogP contribution in [0, 0.1) is 5.92 Å². The van der Waals surface area contributed by atoms with Crippen molar-refractivity contribution < 1.29 is 4.79 Å². The lowest BCUT2D eigenvalue weighted by atomic mass is 10.0. The van der Waals surface area contributed by atoms with Crippen LogP contribution in [-0.2, 0) is 11.3 Å². The Morgan fingerprint density at radius 2 is 2.14 bits per heavy atom. The third-order valence-corrected chi connectivity index (χ3v) is 4.13. The van der Waals surface area contributed by atoms with Crippen LogP contribution in [-0.4, -0.2) is 43.5 Å². The average molecular weight is 289 g/mol. The van der Waals surface area contributed by atoms with E-state index in [1.165, 1.54) is 5.56 Å². The van der Waals surface area contributed by atoms with Crippen molar-refractivity contribution in [2.75, 3.05) is 26.7 Å². The largest absolute Gasteiger partial charge is 0.355 e. The van der Waals surface area contributed by atoms with Gasteiger partial charge in [-0.05, 0) is 44.5 Å². The molecular formula is C17H27N3O. The lowest BCUT2D eigenvalue weighted by Crippen LogP contribution is -2.43. The summed E-state index contributed by atoms with van der Waals surface area (Å²) in [5.74, 6) is 0.608. The van der Waals surface area contributed by atoms with Crippen LogP contribution < -0.4 is 10.6 Å². The highest BCUT2D eigenvalue weighted by molar-refractivity contribution is 5.82. The molecule has 21 heavy (non-hydrogen) atoms. The van der Waals surface area contributed by atoms with E-state index < -0.39 is 0 Å². The Hall–Kier alpha value is -1.39. The summed E-state index contributed by atoms with van der Waals surface area (Å²) in [5.41, 5.74) is 1.33. The van der Waals surface area contributed by atoms with Crippen LogP contribution in [0.4, 0.5) is 0 Å². The van der Waals surface area contributed by atoms with Crippen LogP contribution in [0.25, 0.3) is 0 Å². The third kappa shape index (κ3) is 5.14. The van der Waals surface area contributed by atoms with E-state index in [9.17, 15) is 4.79 Å². The molecule has 1 amide bonds. The zero-order valence-electron chi connectivity index (χ0n) is 13.1. The first-order chi connectivity index (χ1) is 10.2. The molecule has 0 saturated carbocycles. The van der Waals surface area contributed by atoms with Gasteiger partial charge in [0, 0.05) is 13.1 Å². The first kappa shape index (κ1) is 16.0. The van der Waals surface area contributed by atoms with Crippen LogP contribution in [0.5, 0.6) is 0 Å². The first-order valence-corrected chi connectivity index (χ1v) is 7.90. The number of rotatable bonds is 7. The molecule has 1 aromatic rings. The molecule has 0 aliphatic carbocycles. The van der Waals surface area contributed by atoms with E-state index in [4.69, 9.17) is 0 Å². The summed E-state index contributed by atoms with van der Waals surface area (Å²) in [6.07, 6.45) is 2.08. The molecule has 0 bridgehead atoms. The van der Waals surface area contributed by atoms with Crippen molar-refractivity contribution in [3.05, 3.63) is 35.9 Å². The van der Waals surface area contributed by atoms with E-state index in [0.717, 1.165) is 39.0 Å². The van der Waals surface area contributed by atoms with Gasteiger partial charge in [-0.25, -0.2) is 0 Å². The zero-order chi connectivity index (χ0) is 15.1. The summed E-state index contributed by atoms with van der Waals surface area (Å²) in [4.78, 5) is 14.3. The van der Waals surface area contributed by atoms with Crippen LogP contribution in [0.1, 0.15) is 25.3 Å². The summed E-state index contributed by atoms with van der Waals surface area (Å²) in [6, 6.07) is 10.5. The second-order valence-electron chi connectivity index (χ2n) is 6.07. The Bertz CT molecular complexity index is 435.